The normalized spacial score (nSPS) is 10.8. The molecular weight excluding hydrogens is 249 g/mol. The van der Waals surface area contributed by atoms with Crippen LogP contribution in [0.5, 0.6) is 0 Å². The number of unbranched alkanes of at least 4 members (excludes halogenated alkanes) is 1. The Morgan fingerprint density at radius 2 is 1.83 bits per heavy atom. The molecule has 0 spiro atoms. The monoisotopic (exact) mass is 273 g/mol. The van der Waals surface area contributed by atoms with Crippen LogP contribution in [0.2, 0.25) is 13.0 Å². The van der Waals surface area contributed by atoms with Crippen molar-refractivity contribution in [3.63, 3.8) is 0 Å². The van der Waals surface area contributed by atoms with Gasteiger partial charge in [0.1, 0.15) is 0 Å². The molecule has 0 radical (unpaired) electrons. The van der Waals surface area contributed by atoms with Gasteiger partial charge < -0.3 is 0 Å². The van der Waals surface area contributed by atoms with Gasteiger partial charge in [-0.25, -0.2) is 0 Å². The predicted molar refractivity (Wildman–Crippen MR) is 59.3 cm³/mol. The van der Waals surface area contributed by atoms with Crippen LogP contribution in [0.4, 0.5) is 0 Å². The molecule has 1 nitrogen and oxygen atoms in total. The van der Waals surface area contributed by atoms with Crippen molar-refractivity contribution >= 4 is 21.4 Å². The molecule has 0 aliphatic heterocycles. The van der Waals surface area contributed by atoms with Gasteiger partial charge in [0.2, 0.25) is 0 Å². The quantitative estimate of drug-likeness (QED) is 0.645. The summed E-state index contributed by atoms with van der Waals surface area (Å²) in [4.78, 5) is 2.41. The Morgan fingerprint density at radius 3 is 2.33 bits per heavy atom. The summed E-state index contributed by atoms with van der Waals surface area (Å²) in [5, 5.41) is 0. The SMILES string of the molecule is CCN(C)CCC[CH2][In]([CH3])[CH2]C. The van der Waals surface area contributed by atoms with Gasteiger partial charge in [0.05, 0.1) is 0 Å². The summed E-state index contributed by atoms with van der Waals surface area (Å²) in [5.74, 6) is 0. The molecule has 0 heterocycles. The summed E-state index contributed by atoms with van der Waals surface area (Å²) in [7, 11) is 2.21. The van der Waals surface area contributed by atoms with E-state index in [9.17, 15) is 0 Å². The summed E-state index contributed by atoms with van der Waals surface area (Å²) in [6, 6.07) is 0. The van der Waals surface area contributed by atoms with Crippen LogP contribution >= 0.6 is 0 Å². The van der Waals surface area contributed by atoms with Crippen LogP contribution in [0.1, 0.15) is 26.7 Å². The minimum absolute atomic E-state index is 0.886. The number of hydrogen-bond donors (Lipinski definition) is 0. The second kappa shape index (κ2) is 8.43. The molecule has 0 aromatic rings. The van der Waals surface area contributed by atoms with Gasteiger partial charge in [-0.3, -0.25) is 0 Å². The molecular formula is C10H24InN. The Bertz CT molecular complexity index is 83.8. The van der Waals surface area contributed by atoms with Crippen molar-refractivity contribution in [2.24, 2.45) is 0 Å². The molecule has 0 amide bonds. The Kier molecular flexibility index (Phi) is 9.01. The van der Waals surface area contributed by atoms with Crippen molar-refractivity contribution in [3.8, 4) is 0 Å². The second-order valence-corrected chi connectivity index (χ2v) is 14.2. The van der Waals surface area contributed by atoms with E-state index in [0.717, 1.165) is 0 Å². The zero-order valence-electron chi connectivity index (χ0n) is 9.27. The van der Waals surface area contributed by atoms with Crippen molar-refractivity contribution in [1.29, 1.82) is 0 Å². The van der Waals surface area contributed by atoms with Crippen molar-refractivity contribution in [2.75, 3.05) is 20.1 Å². The molecule has 0 aromatic carbocycles. The zero-order chi connectivity index (χ0) is 9.40. The first-order chi connectivity index (χ1) is 5.70. The minimum atomic E-state index is -0.886. The molecule has 0 rings (SSSR count). The van der Waals surface area contributed by atoms with Crippen molar-refractivity contribution in [1.82, 2.24) is 4.90 Å². The molecule has 12 heavy (non-hydrogen) atoms. The van der Waals surface area contributed by atoms with Crippen LogP contribution in [-0.2, 0) is 0 Å². The van der Waals surface area contributed by atoms with Gasteiger partial charge in [-0.05, 0) is 0 Å². The summed E-state index contributed by atoms with van der Waals surface area (Å²) in [6.07, 6.45) is 2.92. The molecule has 0 saturated heterocycles. The van der Waals surface area contributed by atoms with Crippen LogP contribution in [0, 0.1) is 0 Å². The average molecular weight is 273 g/mol. The van der Waals surface area contributed by atoms with Crippen LogP contribution in [0.25, 0.3) is 0 Å². The fourth-order valence-electron chi connectivity index (χ4n) is 1.24. The van der Waals surface area contributed by atoms with Crippen LogP contribution in [-0.4, -0.2) is 46.5 Å². The van der Waals surface area contributed by atoms with E-state index in [4.69, 9.17) is 0 Å². The molecule has 0 bridgehead atoms. The number of nitrogens with zero attached hydrogens (tertiary/aromatic N) is 1. The van der Waals surface area contributed by atoms with Gasteiger partial charge in [-0.2, -0.15) is 0 Å². The zero-order valence-corrected chi connectivity index (χ0v) is 12.6. The third-order valence-corrected chi connectivity index (χ3v) is 10.7. The van der Waals surface area contributed by atoms with E-state index < -0.39 is 21.4 Å². The van der Waals surface area contributed by atoms with Crippen LogP contribution in [0.3, 0.4) is 0 Å². The van der Waals surface area contributed by atoms with Gasteiger partial charge in [0.25, 0.3) is 0 Å². The fraction of sp³-hybridized carbons (Fsp3) is 1.00. The van der Waals surface area contributed by atoms with E-state index in [2.05, 4.69) is 30.5 Å². The van der Waals surface area contributed by atoms with Gasteiger partial charge in [0.15, 0.2) is 0 Å². The Balaban J connectivity index is 3.10. The van der Waals surface area contributed by atoms with Crippen molar-refractivity contribution < 1.29 is 0 Å². The topological polar surface area (TPSA) is 3.24 Å². The Labute approximate surface area is 86.1 Å². The molecule has 0 atom stereocenters. The molecule has 0 fully saturated rings. The Morgan fingerprint density at radius 1 is 1.17 bits per heavy atom. The van der Waals surface area contributed by atoms with Crippen LogP contribution in [0.15, 0.2) is 0 Å². The molecule has 2 heteroatoms. The summed E-state index contributed by atoms with van der Waals surface area (Å²) < 4.78 is 5.73. The van der Waals surface area contributed by atoms with Gasteiger partial charge >= 0.3 is 86.2 Å². The fourth-order valence-corrected chi connectivity index (χ4v) is 5.21. The molecule has 0 saturated carbocycles. The Hall–Kier alpha value is 0.830. The molecule has 0 unspecified atom stereocenters. The third kappa shape index (κ3) is 7.48. The first kappa shape index (κ1) is 12.8. The number of hydrogen-bond acceptors (Lipinski definition) is 1. The maximum absolute atomic E-state index is 2.56. The van der Waals surface area contributed by atoms with Crippen LogP contribution < -0.4 is 0 Å². The molecule has 0 aliphatic carbocycles. The number of rotatable bonds is 7. The maximum atomic E-state index is 2.56. The summed E-state index contributed by atoms with van der Waals surface area (Å²) in [5.41, 5.74) is 0. The molecule has 0 aromatic heterocycles. The van der Waals surface area contributed by atoms with E-state index >= 15 is 0 Å². The van der Waals surface area contributed by atoms with E-state index in [1.807, 2.05) is 0 Å². The van der Waals surface area contributed by atoms with Crippen molar-refractivity contribution in [2.45, 2.75) is 39.7 Å². The standard InChI is InChI=1S/C7H16N.C2H5.CH3.In/c1-4-6-7-8(3)5-2;1-2;;/h1,4-7H2,2-3H3;1H2,2H3;1H3;. The average Bonchev–Trinajstić information content (AvgIpc) is 2.11. The molecule has 0 N–H and O–H groups in total. The first-order valence-corrected chi connectivity index (χ1v) is 13.3. The van der Waals surface area contributed by atoms with E-state index in [-0.39, 0.29) is 0 Å². The third-order valence-electron chi connectivity index (χ3n) is 2.72. The second-order valence-electron chi connectivity index (χ2n) is 3.91. The summed E-state index contributed by atoms with van der Waals surface area (Å²) in [6.45, 7) is 7.11. The van der Waals surface area contributed by atoms with Gasteiger partial charge in [-0.1, -0.05) is 0 Å². The first-order valence-electron chi connectivity index (χ1n) is 5.39. The van der Waals surface area contributed by atoms with E-state index in [0.29, 0.717) is 0 Å². The molecule has 72 valence electrons. The van der Waals surface area contributed by atoms with Gasteiger partial charge in [0, 0.05) is 0 Å². The van der Waals surface area contributed by atoms with Crippen molar-refractivity contribution in [3.05, 3.63) is 0 Å². The van der Waals surface area contributed by atoms with E-state index in [1.54, 1.807) is 8.35 Å². The van der Waals surface area contributed by atoms with Gasteiger partial charge in [-0.15, -0.1) is 0 Å². The summed E-state index contributed by atoms with van der Waals surface area (Å²) >= 11 is -0.886. The van der Waals surface area contributed by atoms with E-state index in [1.165, 1.54) is 25.9 Å². The molecule has 0 aliphatic rings. The predicted octanol–water partition coefficient (Wildman–Crippen LogP) is 2.86.